The maximum Gasteiger partial charge on any atom is 0.335 e. The van der Waals surface area contributed by atoms with Crippen molar-refractivity contribution < 1.29 is 29.0 Å². The lowest BCUT2D eigenvalue weighted by Crippen LogP contribution is -2.29. The van der Waals surface area contributed by atoms with Crippen LogP contribution in [0.15, 0.2) is 66.7 Å². The van der Waals surface area contributed by atoms with E-state index in [9.17, 15) is 19.2 Å². The SMILES string of the molecule is COc1ccccc1N1C(=O)c2ccc(C(=O)NCc3ccc(C(=O)O)cc3)cc2C1=O. The third-order valence-electron chi connectivity index (χ3n) is 5.13. The average Bonchev–Trinajstić information content (AvgIpc) is 3.06. The Balaban J connectivity index is 1.53. The number of nitrogens with zero attached hydrogens (tertiary/aromatic N) is 1. The number of imide groups is 1. The molecule has 0 atom stereocenters. The van der Waals surface area contributed by atoms with Crippen LogP contribution in [0.2, 0.25) is 0 Å². The molecule has 0 aliphatic carbocycles. The van der Waals surface area contributed by atoms with Crippen LogP contribution in [0.1, 0.15) is 47.0 Å². The zero-order valence-corrected chi connectivity index (χ0v) is 17.0. The highest BCUT2D eigenvalue weighted by Gasteiger charge is 2.38. The summed E-state index contributed by atoms with van der Waals surface area (Å²) >= 11 is 0. The number of benzene rings is 3. The van der Waals surface area contributed by atoms with Crippen molar-refractivity contribution in [1.29, 1.82) is 0 Å². The Labute approximate surface area is 183 Å². The van der Waals surface area contributed by atoms with Crippen LogP contribution in [0.3, 0.4) is 0 Å². The number of carbonyl (C=O) groups excluding carboxylic acids is 3. The molecule has 0 saturated heterocycles. The molecule has 8 nitrogen and oxygen atoms in total. The molecule has 1 aliphatic rings. The van der Waals surface area contributed by atoms with Crippen LogP contribution in [0, 0.1) is 0 Å². The monoisotopic (exact) mass is 430 g/mol. The normalized spacial score (nSPS) is 12.5. The zero-order valence-electron chi connectivity index (χ0n) is 17.0. The van der Waals surface area contributed by atoms with Gasteiger partial charge in [0.25, 0.3) is 17.7 Å². The Morgan fingerprint density at radius 2 is 1.56 bits per heavy atom. The van der Waals surface area contributed by atoms with Gasteiger partial charge < -0.3 is 15.2 Å². The fraction of sp³-hybridized carbons (Fsp3) is 0.0833. The molecule has 2 N–H and O–H groups in total. The van der Waals surface area contributed by atoms with Gasteiger partial charge in [0.1, 0.15) is 5.75 Å². The fourth-order valence-electron chi connectivity index (χ4n) is 3.46. The number of anilines is 1. The molecule has 0 unspecified atom stereocenters. The second-order valence-electron chi connectivity index (χ2n) is 7.06. The van der Waals surface area contributed by atoms with Gasteiger partial charge in [0, 0.05) is 12.1 Å². The largest absolute Gasteiger partial charge is 0.495 e. The van der Waals surface area contributed by atoms with Crippen molar-refractivity contribution in [2.75, 3.05) is 12.0 Å². The lowest BCUT2D eigenvalue weighted by Gasteiger charge is -2.16. The molecule has 4 rings (SSSR count). The predicted molar refractivity (Wildman–Crippen MR) is 115 cm³/mol. The van der Waals surface area contributed by atoms with E-state index in [0.29, 0.717) is 11.4 Å². The maximum atomic E-state index is 13.0. The fourth-order valence-corrected chi connectivity index (χ4v) is 3.46. The molecule has 0 spiro atoms. The first-order valence-electron chi connectivity index (χ1n) is 9.67. The second kappa shape index (κ2) is 8.35. The second-order valence-corrected chi connectivity index (χ2v) is 7.06. The predicted octanol–water partition coefficient (Wildman–Crippen LogP) is 3.12. The van der Waals surface area contributed by atoms with E-state index in [1.54, 1.807) is 36.4 Å². The quantitative estimate of drug-likeness (QED) is 0.581. The number of aromatic carboxylic acids is 1. The van der Waals surface area contributed by atoms with Gasteiger partial charge in [-0.1, -0.05) is 24.3 Å². The van der Waals surface area contributed by atoms with E-state index in [1.807, 2.05) is 0 Å². The molecular weight excluding hydrogens is 412 g/mol. The summed E-state index contributed by atoms with van der Waals surface area (Å²) in [6.45, 7) is 0.177. The van der Waals surface area contributed by atoms with Gasteiger partial charge in [-0.25, -0.2) is 9.69 Å². The first-order valence-corrected chi connectivity index (χ1v) is 9.67. The topological polar surface area (TPSA) is 113 Å². The van der Waals surface area contributed by atoms with E-state index in [-0.39, 0.29) is 28.8 Å². The maximum absolute atomic E-state index is 13.0. The smallest absolute Gasteiger partial charge is 0.335 e. The van der Waals surface area contributed by atoms with Crippen LogP contribution in [0.5, 0.6) is 5.75 Å². The Kier molecular flexibility index (Phi) is 5.43. The molecule has 0 saturated carbocycles. The molecule has 3 aromatic carbocycles. The Bertz CT molecular complexity index is 1250. The summed E-state index contributed by atoms with van der Waals surface area (Å²) in [7, 11) is 1.45. The number of fused-ring (bicyclic) bond motifs is 1. The number of methoxy groups -OCH3 is 1. The van der Waals surface area contributed by atoms with E-state index in [0.717, 1.165) is 10.5 Å². The number of hydrogen-bond acceptors (Lipinski definition) is 5. The van der Waals surface area contributed by atoms with Crippen molar-refractivity contribution in [2.24, 2.45) is 0 Å². The zero-order chi connectivity index (χ0) is 22.8. The van der Waals surface area contributed by atoms with Gasteiger partial charge in [0.05, 0.1) is 29.5 Å². The third-order valence-corrected chi connectivity index (χ3v) is 5.13. The van der Waals surface area contributed by atoms with Crippen LogP contribution in [0.4, 0.5) is 5.69 Å². The van der Waals surface area contributed by atoms with Crippen LogP contribution in [-0.2, 0) is 6.54 Å². The van der Waals surface area contributed by atoms with Gasteiger partial charge >= 0.3 is 5.97 Å². The van der Waals surface area contributed by atoms with Gasteiger partial charge in [-0.15, -0.1) is 0 Å². The van der Waals surface area contributed by atoms with E-state index in [2.05, 4.69) is 5.32 Å². The first kappa shape index (κ1) is 20.8. The van der Waals surface area contributed by atoms with Crippen molar-refractivity contribution >= 4 is 29.4 Å². The number of carboxylic acids is 1. The van der Waals surface area contributed by atoms with Gasteiger partial charge in [-0.3, -0.25) is 14.4 Å². The number of hydrogen-bond donors (Lipinski definition) is 2. The molecule has 0 bridgehead atoms. The third kappa shape index (κ3) is 3.69. The molecule has 32 heavy (non-hydrogen) atoms. The lowest BCUT2D eigenvalue weighted by atomic mass is 10.1. The first-order chi connectivity index (χ1) is 15.4. The van der Waals surface area contributed by atoms with Gasteiger partial charge in [-0.05, 0) is 48.0 Å². The number of amides is 3. The van der Waals surface area contributed by atoms with E-state index < -0.39 is 23.7 Å². The summed E-state index contributed by atoms with van der Waals surface area (Å²) in [4.78, 5) is 50.4. The Morgan fingerprint density at radius 3 is 2.25 bits per heavy atom. The van der Waals surface area contributed by atoms with Gasteiger partial charge in [0.2, 0.25) is 0 Å². The molecule has 1 heterocycles. The standard InChI is InChI=1S/C24H18N2O6/c1-32-20-5-3-2-4-19(20)26-22(28)17-11-10-16(12-18(17)23(26)29)21(27)25-13-14-6-8-15(9-7-14)24(30)31/h2-12H,13H2,1H3,(H,25,27)(H,30,31). The minimum absolute atomic E-state index is 0.138. The van der Waals surface area contributed by atoms with Crippen molar-refractivity contribution in [2.45, 2.75) is 6.54 Å². The van der Waals surface area contributed by atoms with Crippen LogP contribution in [0.25, 0.3) is 0 Å². The van der Waals surface area contributed by atoms with Crippen LogP contribution >= 0.6 is 0 Å². The van der Waals surface area contributed by atoms with Gasteiger partial charge in [-0.2, -0.15) is 0 Å². The summed E-state index contributed by atoms with van der Waals surface area (Å²) in [5.41, 5.74) is 1.78. The highest BCUT2D eigenvalue weighted by molar-refractivity contribution is 6.35. The summed E-state index contributed by atoms with van der Waals surface area (Å²) in [6.07, 6.45) is 0. The van der Waals surface area contributed by atoms with Crippen LogP contribution < -0.4 is 15.0 Å². The molecular formula is C24H18N2O6. The van der Waals surface area contributed by atoms with E-state index in [4.69, 9.17) is 9.84 Å². The van der Waals surface area contributed by atoms with Crippen molar-refractivity contribution in [3.8, 4) is 5.75 Å². The molecule has 0 radical (unpaired) electrons. The number of nitrogens with one attached hydrogen (secondary N) is 1. The number of ether oxygens (including phenoxy) is 1. The van der Waals surface area contributed by atoms with Crippen LogP contribution in [-0.4, -0.2) is 35.9 Å². The summed E-state index contributed by atoms with van der Waals surface area (Å²) in [5.74, 6) is -2.09. The number of carboxylic acid groups (broad SMARTS) is 1. The van der Waals surface area contributed by atoms with Gasteiger partial charge in [0.15, 0.2) is 0 Å². The van der Waals surface area contributed by atoms with Crippen molar-refractivity contribution in [3.05, 3.63) is 94.5 Å². The minimum Gasteiger partial charge on any atom is -0.495 e. The summed E-state index contributed by atoms with van der Waals surface area (Å²) in [6, 6.07) is 17.2. The highest BCUT2D eigenvalue weighted by Crippen LogP contribution is 2.34. The Morgan fingerprint density at radius 1 is 0.906 bits per heavy atom. The summed E-state index contributed by atoms with van der Waals surface area (Å²) < 4.78 is 5.27. The van der Waals surface area contributed by atoms with E-state index >= 15 is 0 Å². The molecule has 160 valence electrons. The number of para-hydroxylation sites is 2. The molecule has 0 fully saturated rings. The number of rotatable bonds is 6. The number of carbonyl (C=O) groups is 4. The molecule has 0 aromatic heterocycles. The highest BCUT2D eigenvalue weighted by atomic mass is 16.5. The molecule has 1 aliphatic heterocycles. The minimum atomic E-state index is -1.03. The van der Waals surface area contributed by atoms with Crippen molar-refractivity contribution in [3.63, 3.8) is 0 Å². The molecule has 8 heteroatoms. The lowest BCUT2D eigenvalue weighted by molar-refractivity contribution is 0.0695. The summed E-state index contributed by atoms with van der Waals surface area (Å²) in [5, 5.41) is 11.7. The Hall–Kier alpha value is -4.46. The average molecular weight is 430 g/mol. The van der Waals surface area contributed by atoms with E-state index in [1.165, 1.54) is 37.4 Å². The molecule has 3 amide bonds. The molecule has 3 aromatic rings. The van der Waals surface area contributed by atoms with Crippen molar-refractivity contribution in [1.82, 2.24) is 5.32 Å².